The van der Waals surface area contributed by atoms with Crippen molar-refractivity contribution >= 4 is 18.0 Å². The van der Waals surface area contributed by atoms with Crippen LogP contribution in [0.5, 0.6) is 5.75 Å². The first-order valence-electron chi connectivity index (χ1n) is 11.0. The molecule has 1 heterocycles. The highest BCUT2D eigenvalue weighted by atomic mass is 16.7. The molecule has 3 rings (SSSR count). The second kappa shape index (κ2) is 11.3. The molecule has 2 aromatic carbocycles. The third-order valence-corrected chi connectivity index (χ3v) is 5.59. The fraction of sp³-hybridized carbons (Fsp3) is 0.400. The van der Waals surface area contributed by atoms with Crippen LogP contribution in [-0.4, -0.2) is 48.6 Å². The summed E-state index contributed by atoms with van der Waals surface area (Å²) in [7, 11) is 0. The van der Waals surface area contributed by atoms with Crippen molar-refractivity contribution in [1.29, 1.82) is 0 Å². The minimum absolute atomic E-state index is 0.0511. The molecule has 0 saturated carbocycles. The third-order valence-electron chi connectivity index (χ3n) is 5.59. The maximum Gasteiger partial charge on any atom is 0.513 e. The highest BCUT2D eigenvalue weighted by molar-refractivity contribution is 5.94. The van der Waals surface area contributed by atoms with Gasteiger partial charge in [0.25, 0.3) is 5.91 Å². The number of benzene rings is 2. The largest absolute Gasteiger partial charge is 0.513 e. The zero-order chi connectivity index (χ0) is 22.9. The van der Waals surface area contributed by atoms with Crippen LogP contribution in [0.4, 0.5) is 4.79 Å². The molecule has 7 heteroatoms. The normalized spacial score (nSPS) is 14.0. The van der Waals surface area contributed by atoms with Gasteiger partial charge in [-0.3, -0.25) is 9.59 Å². The first kappa shape index (κ1) is 23.3. The molecule has 1 saturated heterocycles. The summed E-state index contributed by atoms with van der Waals surface area (Å²) in [5.41, 5.74) is 2.93. The smallest absolute Gasteiger partial charge is 0.434 e. The van der Waals surface area contributed by atoms with Crippen LogP contribution in [0.3, 0.4) is 0 Å². The topological polar surface area (TPSA) is 84.9 Å². The van der Waals surface area contributed by atoms with E-state index in [1.54, 1.807) is 36.1 Å². The van der Waals surface area contributed by atoms with Crippen LogP contribution in [0.15, 0.2) is 48.5 Å². The molecule has 1 fully saturated rings. The SMILES string of the molecule is CCOC(=O)Oc1ccc(C(=O)N2CCC(NC(=O)CCc3ccccc3C)CC2)cc1. The number of nitrogens with zero attached hydrogens (tertiary/aromatic N) is 1. The molecule has 1 aliphatic rings. The molecular weight excluding hydrogens is 408 g/mol. The van der Waals surface area contributed by atoms with Crippen molar-refractivity contribution in [3.05, 3.63) is 65.2 Å². The number of nitrogens with one attached hydrogen (secondary N) is 1. The maximum atomic E-state index is 12.8. The van der Waals surface area contributed by atoms with Gasteiger partial charge in [0.2, 0.25) is 5.91 Å². The lowest BCUT2D eigenvalue weighted by molar-refractivity contribution is -0.122. The number of hydrogen-bond acceptors (Lipinski definition) is 5. The second-order valence-electron chi connectivity index (χ2n) is 7.87. The predicted octanol–water partition coefficient (Wildman–Crippen LogP) is 3.88. The number of rotatable bonds is 7. The lowest BCUT2D eigenvalue weighted by atomic mass is 10.0. The average molecular weight is 439 g/mol. The van der Waals surface area contributed by atoms with Crippen LogP contribution >= 0.6 is 0 Å². The van der Waals surface area contributed by atoms with Gasteiger partial charge in [0.1, 0.15) is 5.75 Å². The number of amides is 2. The molecule has 0 aromatic heterocycles. The molecule has 0 atom stereocenters. The van der Waals surface area contributed by atoms with Crippen LogP contribution in [0.1, 0.15) is 47.7 Å². The van der Waals surface area contributed by atoms with Crippen molar-refractivity contribution in [2.24, 2.45) is 0 Å². The summed E-state index contributed by atoms with van der Waals surface area (Å²) in [5, 5.41) is 3.11. The zero-order valence-corrected chi connectivity index (χ0v) is 18.6. The van der Waals surface area contributed by atoms with Gasteiger partial charge in [-0.1, -0.05) is 24.3 Å². The monoisotopic (exact) mass is 438 g/mol. The van der Waals surface area contributed by atoms with E-state index in [0.717, 1.165) is 19.3 Å². The summed E-state index contributed by atoms with van der Waals surface area (Å²) in [4.78, 5) is 38.3. The fourth-order valence-electron chi connectivity index (χ4n) is 3.76. The number of hydrogen-bond donors (Lipinski definition) is 1. The minimum Gasteiger partial charge on any atom is -0.434 e. The van der Waals surface area contributed by atoms with E-state index in [2.05, 4.69) is 24.4 Å². The Hall–Kier alpha value is -3.35. The number of likely N-dealkylation sites (tertiary alicyclic amines) is 1. The van der Waals surface area contributed by atoms with Crippen molar-refractivity contribution in [3.8, 4) is 5.75 Å². The molecule has 0 radical (unpaired) electrons. The molecule has 0 bridgehead atoms. The number of piperidine rings is 1. The van der Waals surface area contributed by atoms with Crippen molar-refractivity contribution in [2.75, 3.05) is 19.7 Å². The first-order chi connectivity index (χ1) is 15.5. The third kappa shape index (κ3) is 6.57. The number of aryl methyl sites for hydroxylation is 2. The quantitative estimate of drug-likeness (QED) is 0.524. The Morgan fingerprint density at radius 2 is 1.72 bits per heavy atom. The number of ether oxygens (including phenoxy) is 2. The minimum atomic E-state index is -0.769. The molecule has 2 amide bonds. The average Bonchev–Trinajstić information content (AvgIpc) is 2.79. The van der Waals surface area contributed by atoms with Crippen LogP contribution < -0.4 is 10.1 Å². The standard InChI is InChI=1S/C25H30N2O5/c1-3-31-25(30)32-22-11-8-20(9-12-22)24(29)27-16-14-21(15-17-27)26-23(28)13-10-19-7-5-4-6-18(19)2/h4-9,11-12,21H,3,10,13-17H2,1-2H3,(H,26,28). The van der Waals surface area contributed by atoms with E-state index in [1.165, 1.54) is 11.1 Å². The summed E-state index contributed by atoms with van der Waals surface area (Å²) in [6.45, 7) is 5.16. The van der Waals surface area contributed by atoms with Crippen molar-refractivity contribution in [1.82, 2.24) is 10.2 Å². The van der Waals surface area contributed by atoms with Crippen molar-refractivity contribution in [3.63, 3.8) is 0 Å². The van der Waals surface area contributed by atoms with E-state index in [-0.39, 0.29) is 24.5 Å². The van der Waals surface area contributed by atoms with Gasteiger partial charge in [-0.15, -0.1) is 0 Å². The van der Waals surface area contributed by atoms with Crippen molar-refractivity contribution in [2.45, 2.75) is 45.6 Å². The van der Waals surface area contributed by atoms with Gasteiger partial charge in [0.05, 0.1) is 6.61 Å². The maximum absolute atomic E-state index is 12.8. The lowest BCUT2D eigenvalue weighted by Gasteiger charge is -2.32. The van der Waals surface area contributed by atoms with Gasteiger partial charge < -0.3 is 19.7 Å². The molecule has 0 unspecified atom stereocenters. The summed E-state index contributed by atoms with van der Waals surface area (Å²) >= 11 is 0. The highest BCUT2D eigenvalue weighted by Gasteiger charge is 2.24. The van der Waals surface area contributed by atoms with Crippen LogP contribution in [0, 0.1) is 6.92 Å². The number of carbonyl (C=O) groups is 3. The Kier molecular flexibility index (Phi) is 8.25. The summed E-state index contributed by atoms with van der Waals surface area (Å²) in [6.07, 6.45) is 1.88. The fourth-order valence-corrected chi connectivity index (χ4v) is 3.76. The van der Waals surface area contributed by atoms with E-state index in [0.29, 0.717) is 30.8 Å². The second-order valence-corrected chi connectivity index (χ2v) is 7.87. The molecular formula is C25H30N2O5. The molecule has 0 spiro atoms. The first-order valence-corrected chi connectivity index (χ1v) is 11.0. The van der Waals surface area contributed by atoms with E-state index in [1.807, 2.05) is 12.1 Å². The Bertz CT molecular complexity index is 934. The molecule has 0 aliphatic carbocycles. The number of carbonyl (C=O) groups excluding carboxylic acids is 3. The zero-order valence-electron chi connectivity index (χ0n) is 18.6. The van der Waals surface area contributed by atoms with Crippen LogP contribution in [0.2, 0.25) is 0 Å². The molecule has 1 aliphatic heterocycles. The molecule has 2 aromatic rings. The van der Waals surface area contributed by atoms with Gasteiger partial charge >= 0.3 is 6.16 Å². The lowest BCUT2D eigenvalue weighted by Crippen LogP contribution is -2.46. The van der Waals surface area contributed by atoms with Crippen molar-refractivity contribution < 1.29 is 23.9 Å². The van der Waals surface area contributed by atoms with Gasteiger partial charge in [0.15, 0.2) is 0 Å². The highest BCUT2D eigenvalue weighted by Crippen LogP contribution is 2.18. The Labute approximate surface area is 188 Å². The molecule has 7 nitrogen and oxygen atoms in total. The predicted molar refractivity (Wildman–Crippen MR) is 121 cm³/mol. The summed E-state index contributed by atoms with van der Waals surface area (Å²) in [5.74, 6) is 0.305. The van der Waals surface area contributed by atoms with Gasteiger partial charge in [-0.2, -0.15) is 0 Å². The Balaban J connectivity index is 1.42. The Morgan fingerprint density at radius 1 is 1.03 bits per heavy atom. The summed E-state index contributed by atoms with van der Waals surface area (Å²) in [6, 6.07) is 14.6. The Morgan fingerprint density at radius 3 is 2.38 bits per heavy atom. The van der Waals surface area contributed by atoms with Crippen LogP contribution in [-0.2, 0) is 16.0 Å². The van der Waals surface area contributed by atoms with E-state index in [9.17, 15) is 14.4 Å². The molecule has 32 heavy (non-hydrogen) atoms. The van der Waals surface area contributed by atoms with E-state index >= 15 is 0 Å². The van der Waals surface area contributed by atoms with Gasteiger partial charge in [-0.25, -0.2) is 4.79 Å². The van der Waals surface area contributed by atoms with E-state index in [4.69, 9.17) is 9.47 Å². The van der Waals surface area contributed by atoms with E-state index < -0.39 is 6.16 Å². The van der Waals surface area contributed by atoms with Gasteiger partial charge in [0, 0.05) is 31.1 Å². The summed E-state index contributed by atoms with van der Waals surface area (Å²) < 4.78 is 9.75. The van der Waals surface area contributed by atoms with Gasteiger partial charge in [-0.05, 0) is 68.5 Å². The molecule has 1 N–H and O–H groups in total. The van der Waals surface area contributed by atoms with Crippen LogP contribution in [0.25, 0.3) is 0 Å². The molecule has 170 valence electrons.